The van der Waals surface area contributed by atoms with E-state index in [9.17, 15) is 4.79 Å². The van der Waals surface area contributed by atoms with Gasteiger partial charge in [-0.05, 0) is 35.2 Å². The average molecular weight is 370 g/mol. The number of thiophene rings is 1. The summed E-state index contributed by atoms with van der Waals surface area (Å²) in [6, 6.07) is 12.4. The van der Waals surface area contributed by atoms with Crippen molar-refractivity contribution >= 4 is 23.3 Å². The number of benzene rings is 1. The SMILES string of the molecule is CCN1CCN(Cc2ccccc2CNC(=O)/C=C/c2cccs2)CC1. The molecule has 0 unspecified atom stereocenters. The van der Waals surface area contributed by atoms with Crippen molar-refractivity contribution in [2.45, 2.75) is 20.0 Å². The van der Waals surface area contributed by atoms with Crippen LogP contribution in [0.25, 0.3) is 6.08 Å². The van der Waals surface area contributed by atoms with Crippen LogP contribution in [0.15, 0.2) is 47.9 Å². The molecule has 0 bridgehead atoms. The van der Waals surface area contributed by atoms with Crippen molar-refractivity contribution in [2.75, 3.05) is 32.7 Å². The minimum absolute atomic E-state index is 0.0511. The summed E-state index contributed by atoms with van der Waals surface area (Å²) in [5, 5.41) is 5.02. The molecule has 1 aromatic heterocycles. The van der Waals surface area contributed by atoms with Crippen molar-refractivity contribution in [1.82, 2.24) is 15.1 Å². The third-order valence-electron chi connectivity index (χ3n) is 4.82. The lowest BCUT2D eigenvalue weighted by atomic mass is 10.1. The Hall–Kier alpha value is -1.95. The maximum atomic E-state index is 12.1. The highest BCUT2D eigenvalue weighted by Gasteiger charge is 2.16. The number of hydrogen-bond donors (Lipinski definition) is 1. The lowest BCUT2D eigenvalue weighted by molar-refractivity contribution is -0.116. The Labute approximate surface area is 160 Å². The Morgan fingerprint density at radius 3 is 2.50 bits per heavy atom. The van der Waals surface area contributed by atoms with Crippen LogP contribution in [0.5, 0.6) is 0 Å². The van der Waals surface area contributed by atoms with Crippen LogP contribution in [0.4, 0.5) is 0 Å². The molecule has 0 radical (unpaired) electrons. The summed E-state index contributed by atoms with van der Waals surface area (Å²) in [5.74, 6) is -0.0511. The van der Waals surface area contributed by atoms with Gasteiger partial charge < -0.3 is 10.2 Å². The number of nitrogens with one attached hydrogen (secondary N) is 1. The zero-order valence-corrected chi connectivity index (χ0v) is 16.2. The van der Waals surface area contributed by atoms with E-state index in [1.165, 1.54) is 11.1 Å². The molecule has 3 rings (SSSR count). The number of amides is 1. The Morgan fingerprint density at radius 2 is 1.81 bits per heavy atom. The summed E-state index contributed by atoms with van der Waals surface area (Å²) in [5.41, 5.74) is 2.50. The number of nitrogens with zero attached hydrogens (tertiary/aromatic N) is 2. The molecule has 1 aliphatic heterocycles. The molecule has 1 amide bonds. The number of rotatable bonds is 7. The standard InChI is InChI=1S/C21H27N3OS/c1-2-23-11-13-24(14-12-23)17-19-7-4-3-6-18(19)16-22-21(25)10-9-20-8-5-15-26-20/h3-10,15H,2,11-14,16-17H2,1H3,(H,22,25)/b10-9+. The number of hydrogen-bond acceptors (Lipinski definition) is 4. The highest BCUT2D eigenvalue weighted by Crippen LogP contribution is 2.14. The smallest absolute Gasteiger partial charge is 0.244 e. The van der Waals surface area contributed by atoms with E-state index in [1.807, 2.05) is 29.7 Å². The number of likely N-dealkylation sites (N-methyl/N-ethyl adjacent to an activating group) is 1. The van der Waals surface area contributed by atoms with Gasteiger partial charge in [-0.1, -0.05) is 37.3 Å². The second kappa shape index (κ2) is 9.67. The van der Waals surface area contributed by atoms with Crippen LogP contribution in [0.3, 0.4) is 0 Å². The first kappa shape index (κ1) is 18.8. The van der Waals surface area contributed by atoms with Crippen molar-refractivity contribution in [3.63, 3.8) is 0 Å². The van der Waals surface area contributed by atoms with Crippen molar-refractivity contribution in [3.05, 3.63) is 63.9 Å². The molecule has 0 aliphatic carbocycles. The monoisotopic (exact) mass is 369 g/mol. The first-order valence-corrected chi connectivity index (χ1v) is 10.1. The van der Waals surface area contributed by atoms with Gasteiger partial charge in [-0.15, -0.1) is 11.3 Å². The topological polar surface area (TPSA) is 35.6 Å². The number of piperazine rings is 1. The maximum absolute atomic E-state index is 12.1. The van der Waals surface area contributed by atoms with E-state index in [-0.39, 0.29) is 5.91 Å². The summed E-state index contributed by atoms with van der Waals surface area (Å²) < 4.78 is 0. The van der Waals surface area contributed by atoms with Crippen molar-refractivity contribution < 1.29 is 4.79 Å². The van der Waals surface area contributed by atoms with E-state index < -0.39 is 0 Å². The van der Waals surface area contributed by atoms with E-state index in [4.69, 9.17) is 0 Å². The lowest BCUT2D eigenvalue weighted by Gasteiger charge is -2.34. The molecular formula is C21H27N3OS. The zero-order valence-electron chi connectivity index (χ0n) is 15.4. The van der Waals surface area contributed by atoms with E-state index in [1.54, 1.807) is 17.4 Å². The van der Waals surface area contributed by atoms with Crippen molar-refractivity contribution in [2.24, 2.45) is 0 Å². The van der Waals surface area contributed by atoms with Crippen molar-refractivity contribution in [1.29, 1.82) is 0 Å². The fourth-order valence-corrected chi connectivity index (χ4v) is 3.79. The number of carbonyl (C=O) groups is 1. The normalized spacial score (nSPS) is 16.2. The first-order valence-electron chi connectivity index (χ1n) is 9.25. The van der Waals surface area contributed by atoms with Crippen molar-refractivity contribution in [3.8, 4) is 0 Å². The van der Waals surface area contributed by atoms with Gasteiger partial charge in [0.25, 0.3) is 0 Å². The Morgan fingerprint density at radius 1 is 1.08 bits per heavy atom. The average Bonchev–Trinajstić information content (AvgIpc) is 3.20. The van der Waals surface area contributed by atoms with Crippen LogP contribution in [-0.4, -0.2) is 48.4 Å². The molecule has 1 aromatic carbocycles. The number of carbonyl (C=O) groups excluding carboxylic acids is 1. The molecule has 26 heavy (non-hydrogen) atoms. The molecule has 0 saturated carbocycles. The van der Waals surface area contributed by atoms with Gasteiger partial charge in [-0.2, -0.15) is 0 Å². The lowest BCUT2D eigenvalue weighted by Crippen LogP contribution is -2.45. The molecule has 0 atom stereocenters. The van der Waals surface area contributed by atoms with Gasteiger partial charge in [-0.25, -0.2) is 0 Å². The van der Waals surface area contributed by atoms with Gasteiger partial charge in [0.05, 0.1) is 0 Å². The molecule has 1 N–H and O–H groups in total. The summed E-state index contributed by atoms with van der Waals surface area (Å²) in [4.78, 5) is 18.2. The third-order valence-corrected chi connectivity index (χ3v) is 5.66. The zero-order chi connectivity index (χ0) is 18.2. The summed E-state index contributed by atoms with van der Waals surface area (Å²) in [6.45, 7) is 9.38. The van der Waals surface area contributed by atoms with Gasteiger partial charge in [0.1, 0.15) is 0 Å². The summed E-state index contributed by atoms with van der Waals surface area (Å²) in [7, 11) is 0. The molecule has 4 nitrogen and oxygen atoms in total. The van der Waals surface area contributed by atoms with Gasteiger partial charge in [-0.3, -0.25) is 9.69 Å². The van der Waals surface area contributed by atoms with E-state index in [0.717, 1.165) is 44.1 Å². The molecular weight excluding hydrogens is 342 g/mol. The second-order valence-electron chi connectivity index (χ2n) is 6.55. The van der Waals surface area contributed by atoms with Crippen LogP contribution in [-0.2, 0) is 17.9 Å². The summed E-state index contributed by atoms with van der Waals surface area (Å²) >= 11 is 1.63. The minimum atomic E-state index is -0.0511. The van der Waals surface area contributed by atoms with Gasteiger partial charge in [0.15, 0.2) is 0 Å². The Balaban J connectivity index is 1.53. The molecule has 0 spiro atoms. The summed E-state index contributed by atoms with van der Waals surface area (Å²) in [6.07, 6.45) is 3.47. The minimum Gasteiger partial charge on any atom is -0.348 e. The van der Waals surface area contributed by atoms with Gasteiger partial charge >= 0.3 is 0 Å². The van der Waals surface area contributed by atoms with Crippen LogP contribution < -0.4 is 5.32 Å². The fraction of sp³-hybridized carbons (Fsp3) is 0.381. The quantitative estimate of drug-likeness (QED) is 0.761. The maximum Gasteiger partial charge on any atom is 0.244 e. The van der Waals surface area contributed by atoms with E-state index in [0.29, 0.717) is 6.54 Å². The first-order chi connectivity index (χ1) is 12.7. The van der Waals surface area contributed by atoms with Crippen LogP contribution in [0.2, 0.25) is 0 Å². The molecule has 5 heteroatoms. The predicted octanol–water partition coefficient (Wildman–Crippen LogP) is 3.22. The fourth-order valence-electron chi connectivity index (χ4n) is 3.17. The molecule has 1 aliphatic rings. The highest BCUT2D eigenvalue weighted by atomic mass is 32.1. The van der Waals surface area contributed by atoms with Gasteiger partial charge in [0.2, 0.25) is 5.91 Å². The second-order valence-corrected chi connectivity index (χ2v) is 7.52. The largest absolute Gasteiger partial charge is 0.348 e. The molecule has 138 valence electrons. The van der Waals surface area contributed by atoms with E-state index >= 15 is 0 Å². The predicted molar refractivity (Wildman–Crippen MR) is 109 cm³/mol. The molecule has 2 heterocycles. The van der Waals surface area contributed by atoms with Gasteiger partial charge in [0, 0.05) is 50.2 Å². The van der Waals surface area contributed by atoms with Crippen LogP contribution in [0, 0.1) is 0 Å². The van der Waals surface area contributed by atoms with Crippen LogP contribution >= 0.6 is 11.3 Å². The molecule has 1 saturated heterocycles. The Kier molecular flexibility index (Phi) is 7.00. The Bertz CT molecular complexity index is 719. The van der Waals surface area contributed by atoms with Crippen LogP contribution in [0.1, 0.15) is 22.9 Å². The molecule has 1 fully saturated rings. The van der Waals surface area contributed by atoms with E-state index in [2.05, 4.69) is 40.2 Å². The highest BCUT2D eigenvalue weighted by molar-refractivity contribution is 7.10. The third kappa shape index (κ3) is 5.53. The molecule has 2 aromatic rings.